The molecule has 1 unspecified atom stereocenters. The molecule has 0 bridgehead atoms. The molecule has 1 amide bonds. The van der Waals surface area contributed by atoms with E-state index in [1.54, 1.807) is 26.4 Å². The molecule has 0 saturated carbocycles. The zero-order valence-electron chi connectivity index (χ0n) is 14.5. The van der Waals surface area contributed by atoms with Gasteiger partial charge in [-0.1, -0.05) is 13.8 Å². The van der Waals surface area contributed by atoms with Crippen LogP contribution in [0.15, 0.2) is 12.1 Å². The van der Waals surface area contributed by atoms with E-state index in [9.17, 15) is 4.79 Å². The maximum atomic E-state index is 13.0. The molecular formula is C17H26N2O4. The average molecular weight is 322 g/mol. The SMILES string of the molecule is COc1cc(OC)c(C(=O)N2CCC(N)C(C)(C)C2)cc1OC. The molecule has 1 saturated heterocycles. The van der Waals surface area contributed by atoms with Gasteiger partial charge in [0.25, 0.3) is 5.91 Å². The molecule has 0 spiro atoms. The number of hydrogen-bond donors (Lipinski definition) is 1. The quantitative estimate of drug-likeness (QED) is 0.916. The highest BCUT2D eigenvalue weighted by atomic mass is 16.5. The molecule has 1 fully saturated rings. The van der Waals surface area contributed by atoms with Gasteiger partial charge in [-0.3, -0.25) is 4.79 Å². The van der Waals surface area contributed by atoms with E-state index < -0.39 is 0 Å². The minimum Gasteiger partial charge on any atom is -0.496 e. The number of piperidine rings is 1. The summed E-state index contributed by atoms with van der Waals surface area (Å²) < 4.78 is 15.9. The molecule has 6 heteroatoms. The van der Waals surface area contributed by atoms with Crippen LogP contribution in [0.3, 0.4) is 0 Å². The minimum absolute atomic E-state index is 0.0808. The number of carbonyl (C=O) groups excluding carboxylic acids is 1. The van der Waals surface area contributed by atoms with Crippen molar-refractivity contribution in [3.8, 4) is 17.2 Å². The van der Waals surface area contributed by atoms with Gasteiger partial charge in [0.15, 0.2) is 11.5 Å². The third-order valence-corrected chi connectivity index (χ3v) is 4.54. The van der Waals surface area contributed by atoms with Crippen molar-refractivity contribution in [3.05, 3.63) is 17.7 Å². The lowest BCUT2D eigenvalue weighted by Crippen LogP contribution is -2.54. The molecule has 1 heterocycles. The maximum Gasteiger partial charge on any atom is 0.257 e. The number of nitrogens with two attached hydrogens (primary N) is 1. The fraction of sp³-hybridized carbons (Fsp3) is 0.588. The molecule has 128 valence electrons. The summed E-state index contributed by atoms with van der Waals surface area (Å²) in [5.41, 5.74) is 6.51. The van der Waals surface area contributed by atoms with Crippen LogP contribution in [0.1, 0.15) is 30.6 Å². The maximum absolute atomic E-state index is 13.0. The van der Waals surface area contributed by atoms with Crippen LogP contribution in [0.25, 0.3) is 0 Å². The Morgan fingerprint density at radius 1 is 1.13 bits per heavy atom. The smallest absolute Gasteiger partial charge is 0.257 e. The summed E-state index contributed by atoms with van der Waals surface area (Å²) in [4.78, 5) is 14.8. The third kappa shape index (κ3) is 3.37. The fourth-order valence-corrected chi connectivity index (χ4v) is 2.91. The van der Waals surface area contributed by atoms with E-state index in [2.05, 4.69) is 13.8 Å². The average Bonchev–Trinajstić information content (AvgIpc) is 2.55. The second-order valence-electron chi connectivity index (χ2n) is 6.52. The number of nitrogens with zero attached hydrogens (tertiary/aromatic N) is 1. The Balaban J connectivity index is 2.35. The van der Waals surface area contributed by atoms with E-state index in [0.29, 0.717) is 35.9 Å². The predicted molar refractivity (Wildman–Crippen MR) is 88.4 cm³/mol. The van der Waals surface area contributed by atoms with Crippen molar-refractivity contribution in [1.82, 2.24) is 4.90 Å². The molecule has 0 aromatic heterocycles. The lowest BCUT2D eigenvalue weighted by molar-refractivity contribution is 0.0529. The highest BCUT2D eigenvalue weighted by Gasteiger charge is 2.36. The van der Waals surface area contributed by atoms with Gasteiger partial charge in [0.05, 0.1) is 26.9 Å². The first-order valence-electron chi connectivity index (χ1n) is 7.69. The lowest BCUT2D eigenvalue weighted by Gasteiger charge is -2.42. The zero-order chi connectivity index (χ0) is 17.2. The molecule has 1 aliphatic heterocycles. The number of hydrogen-bond acceptors (Lipinski definition) is 5. The van der Waals surface area contributed by atoms with Gasteiger partial charge in [0.2, 0.25) is 0 Å². The van der Waals surface area contributed by atoms with Crippen molar-refractivity contribution in [2.45, 2.75) is 26.3 Å². The number of benzene rings is 1. The predicted octanol–water partition coefficient (Wildman–Crippen LogP) is 1.91. The zero-order valence-corrected chi connectivity index (χ0v) is 14.5. The molecular weight excluding hydrogens is 296 g/mol. The van der Waals surface area contributed by atoms with Crippen molar-refractivity contribution < 1.29 is 19.0 Å². The van der Waals surface area contributed by atoms with E-state index in [1.807, 2.05) is 4.90 Å². The Morgan fingerprint density at radius 2 is 1.70 bits per heavy atom. The molecule has 0 aliphatic carbocycles. The van der Waals surface area contributed by atoms with Gasteiger partial charge in [0.1, 0.15) is 5.75 Å². The molecule has 0 radical (unpaired) electrons. The summed E-state index contributed by atoms with van der Waals surface area (Å²) >= 11 is 0. The first-order valence-corrected chi connectivity index (χ1v) is 7.69. The molecule has 1 aromatic rings. The summed E-state index contributed by atoms with van der Waals surface area (Å²) in [7, 11) is 4.63. The first kappa shape index (κ1) is 17.4. The number of ether oxygens (including phenoxy) is 3. The van der Waals surface area contributed by atoms with E-state index >= 15 is 0 Å². The molecule has 2 rings (SSSR count). The second-order valence-corrected chi connectivity index (χ2v) is 6.52. The van der Waals surface area contributed by atoms with Gasteiger partial charge in [-0.05, 0) is 11.8 Å². The normalized spacial score (nSPS) is 20.1. The highest BCUT2D eigenvalue weighted by Crippen LogP contribution is 2.36. The van der Waals surface area contributed by atoms with E-state index in [0.717, 1.165) is 6.42 Å². The number of methoxy groups -OCH3 is 3. The number of carbonyl (C=O) groups is 1. The summed E-state index contributed by atoms with van der Waals surface area (Å²) in [6.45, 7) is 5.43. The third-order valence-electron chi connectivity index (χ3n) is 4.54. The summed E-state index contributed by atoms with van der Waals surface area (Å²) in [5, 5.41) is 0. The molecule has 1 atom stereocenters. The van der Waals surface area contributed by atoms with Crippen molar-refractivity contribution in [2.24, 2.45) is 11.1 Å². The first-order chi connectivity index (χ1) is 10.8. The number of rotatable bonds is 4. The molecule has 1 aliphatic rings. The van der Waals surface area contributed by atoms with E-state index in [1.165, 1.54) is 7.11 Å². The Kier molecular flexibility index (Phi) is 5.04. The van der Waals surface area contributed by atoms with Crippen LogP contribution < -0.4 is 19.9 Å². The van der Waals surface area contributed by atoms with Crippen LogP contribution in [0.2, 0.25) is 0 Å². The van der Waals surface area contributed by atoms with Crippen molar-refractivity contribution in [2.75, 3.05) is 34.4 Å². The van der Waals surface area contributed by atoms with E-state index in [-0.39, 0.29) is 17.4 Å². The minimum atomic E-state index is -0.113. The van der Waals surface area contributed by atoms with Crippen LogP contribution in [0, 0.1) is 5.41 Å². The van der Waals surface area contributed by atoms with Gasteiger partial charge in [-0.25, -0.2) is 0 Å². The summed E-state index contributed by atoms with van der Waals surface area (Å²) in [6.07, 6.45) is 0.786. The lowest BCUT2D eigenvalue weighted by atomic mass is 9.79. The molecule has 6 nitrogen and oxygen atoms in total. The number of likely N-dealkylation sites (tertiary alicyclic amines) is 1. The van der Waals surface area contributed by atoms with Gasteiger partial charge in [-0.15, -0.1) is 0 Å². The molecule has 23 heavy (non-hydrogen) atoms. The van der Waals surface area contributed by atoms with Gasteiger partial charge < -0.3 is 24.8 Å². The second kappa shape index (κ2) is 6.66. The van der Waals surface area contributed by atoms with Gasteiger partial charge in [-0.2, -0.15) is 0 Å². The molecule has 1 aromatic carbocycles. The number of amides is 1. The van der Waals surface area contributed by atoms with Crippen molar-refractivity contribution >= 4 is 5.91 Å². The Labute approximate surface area is 137 Å². The van der Waals surface area contributed by atoms with E-state index in [4.69, 9.17) is 19.9 Å². The summed E-state index contributed by atoms with van der Waals surface area (Å²) in [6, 6.07) is 3.44. The molecule has 2 N–H and O–H groups in total. The van der Waals surface area contributed by atoms with Crippen LogP contribution in [0.4, 0.5) is 0 Å². The van der Waals surface area contributed by atoms with Crippen molar-refractivity contribution in [3.63, 3.8) is 0 Å². The standard InChI is InChI=1S/C17H26N2O4/c1-17(2)10-19(7-6-15(17)18)16(20)11-8-13(22-4)14(23-5)9-12(11)21-3/h8-9,15H,6-7,10,18H2,1-5H3. The summed E-state index contributed by atoms with van der Waals surface area (Å²) in [5.74, 6) is 1.43. The van der Waals surface area contributed by atoms with Gasteiger partial charge in [0, 0.05) is 31.3 Å². The van der Waals surface area contributed by atoms with Crippen LogP contribution >= 0.6 is 0 Å². The Hall–Kier alpha value is -1.95. The van der Waals surface area contributed by atoms with Gasteiger partial charge >= 0.3 is 0 Å². The van der Waals surface area contributed by atoms with Crippen molar-refractivity contribution in [1.29, 1.82) is 0 Å². The monoisotopic (exact) mass is 322 g/mol. The van der Waals surface area contributed by atoms with Crippen LogP contribution in [-0.4, -0.2) is 51.3 Å². The fourth-order valence-electron chi connectivity index (χ4n) is 2.91. The largest absolute Gasteiger partial charge is 0.496 e. The Bertz CT molecular complexity index is 586. The Morgan fingerprint density at radius 3 is 2.22 bits per heavy atom. The van der Waals surface area contributed by atoms with Crippen LogP contribution in [0.5, 0.6) is 17.2 Å². The topological polar surface area (TPSA) is 74.0 Å². The van der Waals surface area contributed by atoms with Crippen LogP contribution in [-0.2, 0) is 0 Å². The highest BCUT2D eigenvalue weighted by molar-refractivity contribution is 5.98.